The Hall–Kier alpha value is -2.95. The Labute approximate surface area is 135 Å². The van der Waals surface area contributed by atoms with E-state index in [1.54, 1.807) is 0 Å². The van der Waals surface area contributed by atoms with Crippen molar-refractivity contribution in [3.8, 4) is 0 Å². The highest BCUT2D eigenvalue weighted by Gasteiger charge is 2.12. The first-order valence-electron chi connectivity index (χ1n) is 7.41. The average molecular weight is 306 g/mol. The number of carbonyl (C=O) groups excluding carboxylic acids is 1. The van der Waals surface area contributed by atoms with E-state index in [4.69, 9.17) is 0 Å². The van der Waals surface area contributed by atoms with Gasteiger partial charge in [-0.2, -0.15) is 0 Å². The van der Waals surface area contributed by atoms with E-state index in [9.17, 15) is 4.79 Å². The number of nitrogens with one attached hydrogen (secondary N) is 1. The Morgan fingerprint density at radius 2 is 1.96 bits per heavy atom. The summed E-state index contributed by atoms with van der Waals surface area (Å²) in [6.07, 6.45) is 1.52. The van der Waals surface area contributed by atoms with Crippen molar-refractivity contribution in [2.24, 2.45) is 0 Å². The van der Waals surface area contributed by atoms with Crippen LogP contribution in [0.5, 0.6) is 0 Å². The van der Waals surface area contributed by atoms with Gasteiger partial charge < -0.3 is 10.2 Å². The summed E-state index contributed by atoms with van der Waals surface area (Å²) in [5.41, 5.74) is 2.78. The second kappa shape index (κ2) is 6.44. The van der Waals surface area contributed by atoms with Gasteiger partial charge in [0.15, 0.2) is 0 Å². The Bertz CT molecular complexity index is 842. The van der Waals surface area contributed by atoms with Crippen molar-refractivity contribution in [3.63, 3.8) is 0 Å². The van der Waals surface area contributed by atoms with Crippen molar-refractivity contribution >= 4 is 28.3 Å². The largest absolute Gasteiger partial charge is 0.350 e. The molecule has 23 heavy (non-hydrogen) atoms. The van der Waals surface area contributed by atoms with E-state index in [1.807, 2.05) is 67.4 Å². The molecule has 1 amide bonds. The van der Waals surface area contributed by atoms with E-state index >= 15 is 0 Å². The second-order valence-electron chi connectivity index (χ2n) is 5.49. The smallest absolute Gasteiger partial charge is 0.243 e. The number of hydrogen-bond donors (Lipinski definition) is 1. The van der Waals surface area contributed by atoms with Crippen molar-refractivity contribution in [1.29, 1.82) is 0 Å². The average Bonchev–Trinajstić information content (AvgIpc) is 2.54. The summed E-state index contributed by atoms with van der Waals surface area (Å²) in [5, 5.41) is 3.84. The number of hydrogen-bond acceptors (Lipinski definition) is 4. The summed E-state index contributed by atoms with van der Waals surface area (Å²) in [6.45, 7) is 2.21. The molecule has 1 heterocycles. The maximum atomic E-state index is 12.2. The highest BCUT2D eigenvalue weighted by molar-refractivity contribution is 5.96. The third-order valence-electron chi connectivity index (χ3n) is 3.57. The van der Waals surface area contributed by atoms with E-state index in [1.165, 1.54) is 6.33 Å². The lowest BCUT2D eigenvalue weighted by Gasteiger charge is -2.19. The number of likely N-dealkylation sites (N-methyl/N-ethyl adjacent to an activating group) is 1. The molecule has 0 aliphatic heterocycles. The number of nitrogens with zero attached hydrogens (tertiary/aromatic N) is 3. The van der Waals surface area contributed by atoms with Gasteiger partial charge in [0.2, 0.25) is 5.91 Å². The summed E-state index contributed by atoms with van der Waals surface area (Å²) in [6, 6.07) is 15.5. The molecule has 116 valence electrons. The molecular formula is C18H18N4O. The number of amides is 1. The fraction of sp³-hybridized carbons (Fsp3) is 0.167. The number of aromatic nitrogens is 2. The van der Waals surface area contributed by atoms with E-state index in [2.05, 4.69) is 15.3 Å². The summed E-state index contributed by atoms with van der Waals surface area (Å²) >= 11 is 0. The lowest BCUT2D eigenvalue weighted by Crippen LogP contribution is -2.30. The van der Waals surface area contributed by atoms with Crippen molar-refractivity contribution in [3.05, 3.63) is 60.4 Å². The molecule has 5 nitrogen and oxygen atoms in total. The quantitative estimate of drug-likeness (QED) is 0.805. The van der Waals surface area contributed by atoms with Gasteiger partial charge in [0.25, 0.3) is 0 Å². The molecule has 0 spiro atoms. The molecule has 0 bridgehead atoms. The minimum Gasteiger partial charge on any atom is -0.350 e. The third-order valence-corrected chi connectivity index (χ3v) is 3.57. The van der Waals surface area contributed by atoms with Crippen LogP contribution in [0.25, 0.3) is 10.9 Å². The molecule has 1 aromatic heterocycles. The second-order valence-corrected chi connectivity index (χ2v) is 5.49. The zero-order valence-electron chi connectivity index (χ0n) is 13.2. The molecule has 2 aromatic carbocycles. The lowest BCUT2D eigenvalue weighted by atomic mass is 10.2. The van der Waals surface area contributed by atoms with Crippen LogP contribution in [-0.2, 0) is 4.79 Å². The first-order valence-corrected chi connectivity index (χ1v) is 7.41. The molecule has 5 heteroatoms. The number of benzene rings is 2. The Morgan fingerprint density at radius 3 is 2.78 bits per heavy atom. The van der Waals surface area contributed by atoms with Crippen molar-refractivity contribution < 1.29 is 4.79 Å². The summed E-state index contributed by atoms with van der Waals surface area (Å²) in [4.78, 5) is 22.6. The highest BCUT2D eigenvalue weighted by Crippen LogP contribution is 2.21. The fourth-order valence-electron chi connectivity index (χ4n) is 2.51. The zero-order chi connectivity index (χ0) is 16.2. The first kappa shape index (κ1) is 15.0. The van der Waals surface area contributed by atoms with E-state index in [0.29, 0.717) is 0 Å². The molecule has 0 unspecified atom stereocenters. The van der Waals surface area contributed by atoms with Gasteiger partial charge in [0.1, 0.15) is 12.1 Å². The van der Waals surface area contributed by atoms with Gasteiger partial charge in [0, 0.05) is 18.1 Å². The molecule has 1 N–H and O–H groups in total. The predicted octanol–water partition coefficient (Wildman–Crippen LogP) is 3.01. The normalized spacial score (nSPS) is 10.5. The number of carbonyl (C=O) groups is 1. The summed E-state index contributed by atoms with van der Waals surface area (Å²) in [7, 11) is 1.85. The van der Waals surface area contributed by atoms with Gasteiger partial charge in [-0.25, -0.2) is 9.97 Å². The maximum absolute atomic E-state index is 12.2. The minimum atomic E-state index is -0.0826. The highest BCUT2D eigenvalue weighted by atomic mass is 16.2. The summed E-state index contributed by atoms with van der Waals surface area (Å²) in [5.74, 6) is 0.663. The topological polar surface area (TPSA) is 58.1 Å². The summed E-state index contributed by atoms with van der Waals surface area (Å²) < 4.78 is 0. The SMILES string of the molecule is Cc1cccc(NC(=O)CN(C)c2ncnc3ccccc23)c1. The van der Waals surface area contributed by atoms with Crippen LogP contribution in [0.15, 0.2) is 54.9 Å². The van der Waals surface area contributed by atoms with Crippen LogP contribution in [-0.4, -0.2) is 29.5 Å². The number of fused-ring (bicyclic) bond motifs is 1. The molecule has 3 aromatic rings. The zero-order valence-corrected chi connectivity index (χ0v) is 13.2. The number of para-hydroxylation sites is 1. The number of rotatable bonds is 4. The Morgan fingerprint density at radius 1 is 1.13 bits per heavy atom. The molecule has 0 aliphatic rings. The minimum absolute atomic E-state index is 0.0826. The van der Waals surface area contributed by atoms with Crippen LogP contribution >= 0.6 is 0 Å². The standard InChI is InChI=1S/C18H18N4O/c1-13-6-5-7-14(10-13)21-17(23)11-22(2)18-15-8-3-4-9-16(15)19-12-20-18/h3-10,12H,11H2,1-2H3,(H,21,23). The van der Waals surface area contributed by atoms with Crippen molar-refractivity contribution in [2.45, 2.75) is 6.92 Å². The van der Waals surface area contributed by atoms with E-state index < -0.39 is 0 Å². The Balaban J connectivity index is 1.75. The number of anilines is 2. The van der Waals surface area contributed by atoms with Crippen LogP contribution < -0.4 is 10.2 Å². The maximum Gasteiger partial charge on any atom is 0.243 e. The monoisotopic (exact) mass is 306 g/mol. The van der Waals surface area contributed by atoms with Crippen LogP contribution in [0, 0.1) is 6.92 Å². The van der Waals surface area contributed by atoms with Crippen LogP contribution in [0.2, 0.25) is 0 Å². The molecule has 0 saturated heterocycles. The Kier molecular flexibility index (Phi) is 4.19. The van der Waals surface area contributed by atoms with Gasteiger partial charge in [0.05, 0.1) is 12.1 Å². The van der Waals surface area contributed by atoms with Gasteiger partial charge in [-0.15, -0.1) is 0 Å². The molecule has 0 fully saturated rings. The van der Waals surface area contributed by atoms with Gasteiger partial charge in [-0.05, 0) is 36.8 Å². The van der Waals surface area contributed by atoms with E-state index in [0.717, 1.165) is 28.0 Å². The molecule has 0 atom stereocenters. The number of aryl methyl sites for hydroxylation is 1. The predicted molar refractivity (Wildman–Crippen MR) is 92.6 cm³/mol. The van der Waals surface area contributed by atoms with Crippen LogP contribution in [0.1, 0.15) is 5.56 Å². The molecule has 3 rings (SSSR count). The molecule has 0 radical (unpaired) electrons. The van der Waals surface area contributed by atoms with Crippen LogP contribution in [0.3, 0.4) is 0 Å². The van der Waals surface area contributed by atoms with Gasteiger partial charge >= 0.3 is 0 Å². The molecular weight excluding hydrogens is 288 g/mol. The van der Waals surface area contributed by atoms with Gasteiger partial charge in [-0.1, -0.05) is 24.3 Å². The third kappa shape index (κ3) is 3.45. The van der Waals surface area contributed by atoms with E-state index in [-0.39, 0.29) is 12.5 Å². The lowest BCUT2D eigenvalue weighted by molar-refractivity contribution is -0.114. The van der Waals surface area contributed by atoms with Crippen molar-refractivity contribution in [1.82, 2.24) is 9.97 Å². The van der Waals surface area contributed by atoms with Crippen molar-refractivity contribution in [2.75, 3.05) is 23.8 Å². The molecule has 0 aliphatic carbocycles. The first-order chi connectivity index (χ1) is 11.1. The van der Waals surface area contributed by atoms with Crippen LogP contribution in [0.4, 0.5) is 11.5 Å². The molecule has 0 saturated carbocycles. The fourth-order valence-corrected chi connectivity index (χ4v) is 2.51. The van der Waals surface area contributed by atoms with Gasteiger partial charge in [-0.3, -0.25) is 4.79 Å².